The van der Waals surface area contributed by atoms with Gasteiger partial charge in [-0.25, -0.2) is 0 Å². The molecule has 0 nitrogen and oxygen atoms in total. The second-order valence-corrected chi connectivity index (χ2v) is 7.75. The number of benzene rings is 3. The van der Waals surface area contributed by atoms with Crippen LogP contribution in [0.25, 0.3) is 0 Å². The van der Waals surface area contributed by atoms with Crippen LogP contribution in [0.4, 0.5) is 0 Å². The van der Waals surface area contributed by atoms with E-state index >= 15 is 0 Å². The van der Waals surface area contributed by atoms with Gasteiger partial charge in [-0.3, -0.25) is 0 Å². The highest BCUT2D eigenvalue weighted by Gasteiger charge is 2.38. The highest BCUT2D eigenvalue weighted by molar-refractivity contribution is 7.96. The lowest BCUT2D eigenvalue weighted by Crippen LogP contribution is -2.20. The Labute approximate surface area is 135 Å². The normalized spacial score (nSPS) is 19.4. The van der Waals surface area contributed by atoms with Crippen molar-refractivity contribution in [3.63, 3.8) is 0 Å². The van der Waals surface area contributed by atoms with Crippen LogP contribution in [0.1, 0.15) is 28.2 Å². The summed E-state index contributed by atoms with van der Waals surface area (Å²) in [7, 11) is 0.154. The van der Waals surface area contributed by atoms with Gasteiger partial charge in [-0.05, 0) is 18.6 Å². The number of hydrogen-bond donors (Lipinski definition) is 0. The van der Waals surface area contributed by atoms with Gasteiger partial charge < -0.3 is 0 Å². The smallest absolute Gasteiger partial charge is 0.0622 e. The molecule has 0 amide bonds. The minimum absolute atomic E-state index is 0.154. The Kier molecular flexibility index (Phi) is 3.31. The highest BCUT2D eigenvalue weighted by Crippen LogP contribution is 2.46. The summed E-state index contributed by atoms with van der Waals surface area (Å²) in [5, 5.41) is 0. The molecule has 0 N–H and O–H groups in total. The molecule has 0 fully saturated rings. The van der Waals surface area contributed by atoms with Gasteiger partial charge in [-0.2, -0.15) is 0 Å². The first-order valence-corrected chi connectivity index (χ1v) is 9.30. The average molecular weight is 303 g/mol. The van der Waals surface area contributed by atoms with Gasteiger partial charge >= 0.3 is 0 Å². The first-order valence-electron chi connectivity index (χ1n) is 7.66. The number of hydrogen-bond acceptors (Lipinski definition) is 0. The lowest BCUT2D eigenvalue weighted by atomic mass is 9.84. The van der Waals surface area contributed by atoms with Crippen molar-refractivity contribution >= 4 is 10.9 Å². The molecule has 0 spiro atoms. The topological polar surface area (TPSA) is 0 Å². The van der Waals surface area contributed by atoms with Crippen LogP contribution in [0.2, 0.25) is 0 Å². The largest absolute Gasteiger partial charge is 0.167 e. The van der Waals surface area contributed by atoms with Gasteiger partial charge in [0, 0.05) is 22.6 Å². The third-order valence-corrected chi connectivity index (χ3v) is 6.75. The van der Waals surface area contributed by atoms with E-state index in [0.717, 1.165) is 0 Å². The van der Waals surface area contributed by atoms with Crippen molar-refractivity contribution in [1.29, 1.82) is 0 Å². The average Bonchev–Trinajstić information content (AvgIpc) is 2.56. The molecule has 0 saturated carbocycles. The standard InChI is InChI=1S/C21H19S/c1-15-9-8-13-18-20(16-10-4-3-5-11-16)17-12-6-7-14-19(17)22(2)21(15)18/h3-14,20H,1-2H3/q+1/t20-,22?/m0/s1. The molecule has 0 radical (unpaired) electrons. The lowest BCUT2D eigenvalue weighted by Gasteiger charge is -2.27. The van der Waals surface area contributed by atoms with E-state index in [4.69, 9.17) is 0 Å². The minimum atomic E-state index is 0.154. The Morgan fingerprint density at radius 1 is 0.727 bits per heavy atom. The molecular weight excluding hydrogens is 284 g/mol. The van der Waals surface area contributed by atoms with Crippen LogP contribution in [0.3, 0.4) is 0 Å². The predicted octanol–water partition coefficient (Wildman–Crippen LogP) is 5.15. The summed E-state index contributed by atoms with van der Waals surface area (Å²) in [6.45, 7) is 2.25. The van der Waals surface area contributed by atoms with E-state index in [1.807, 2.05) is 0 Å². The van der Waals surface area contributed by atoms with Gasteiger partial charge in [0.2, 0.25) is 0 Å². The van der Waals surface area contributed by atoms with Crippen LogP contribution in [-0.2, 0) is 10.9 Å². The molecule has 1 aliphatic heterocycles. The Morgan fingerprint density at radius 3 is 2.23 bits per heavy atom. The number of rotatable bonds is 1. The molecule has 0 aliphatic carbocycles. The quantitative estimate of drug-likeness (QED) is 0.545. The van der Waals surface area contributed by atoms with Gasteiger partial charge in [0.15, 0.2) is 9.79 Å². The highest BCUT2D eigenvalue weighted by atomic mass is 32.2. The first-order chi connectivity index (χ1) is 10.8. The monoisotopic (exact) mass is 303 g/mol. The molecule has 0 saturated heterocycles. The number of aryl methyl sites for hydroxylation is 1. The molecule has 1 aliphatic rings. The van der Waals surface area contributed by atoms with Crippen LogP contribution < -0.4 is 0 Å². The zero-order valence-electron chi connectivity index (χ0n) is 12.9. The fourth-order valence-electron chi connectivity index (χ4n) is 3.60. The van der Waals surface area contributed by atoms with Crippen LogP contribution >= 0.6 is 0 Å². The maximum atomic E-state index is 2.37. The molecule has 0 bridgehead atoms. The van der Waals surface area contributed by atoms with Gasteiger partial charge in [0.25, 0.3) is 0 Å². The van der Waals surface area contributed by atoms with Crippen LogP contribution in [0.15, 0.2) is 82.6 Å². The molecule has 2 atom stereocenters. The Balaban J connectivity index is 2.04. The van der Waals surface area contributed by atoms with Gasteiger partial charge in [-0.1, -0.05) is 66.7 Å². The van der Waals surface area contributed by atoms with Gasteiger partial charge in [-0.15, -0.1) is 0 Å². The van der Waals surface area contributed by atoms with Crippen molar-refractivity contribution < 1.29 is 0 Å². The lowest BCUT2D eigenvalue weighted by molar-refractivity contribution is 0.889. The van der Waals surface area contributed by atoms with Crippen molar-refractivity contribution in [2.45, 2.75) is 22.6 Å². The van der Waals surface area contributed by atoms with Crippen molar-refractivity contribution in [1.82, 2.24) is 0 Å². The van der Waals surface area contributed by atoms with E-state index < -0.39 is 0 Å². The zero-order valence-corrected chi connectivity index (χ0v) is 13.7. The molecular formula is C21H19S+. The molecule has 108 valence electrons. The number of fused-ring (bicyclic) bond motifs is 2. The third kappa shape index (κ3) is 2.00. The van der Waals surface area contributed by atoms with Crippen LogP contribution in [0.5, 0.6) is 0 Å². The third-order valence-electron chi connectivity index (χ3n) is 4.55. The van der Waals surface area contributed by atoms with E-state index in [9.17, 15) is 0 Å². The Hall–Kier alpha value is -1.99. The van der Waals surface area contributed by atoms with Crippen LogP contribution in [-0.4, -0.2) is 6.26 Å². The molecule has 0 aromatic heterocycles. The van der Waals surface area contributed by atoms with Crippen molar-refractivity contribution in [2.24, 2.45) is 0 Å². The summed E-state index contributed by atoms with van der Waals surface area (Å²) in [4.78, 5) is 3.04. The van der Waals surface area contributed by atoms with Gasteiger partial charge in [0.1, 0.15) is 6.26 Å². The van der Waals surface area contributed by atoms with Crippen LogP contribution in [0, 0.1) is 6.92 Å². The molecule has 3 aromatic rings. The fraction of sp³-hybridized carbons (Fsp3) is 0.143. The predicted molar refractivity (Wildman–Crippen MR) is 94.8 cm³/mol. The Bertz CT molecular complexity index is 820. The summed E-state index contributed by atoms with van der Waals surface area (Å²) < 4.78 is 0. The second kappa shape index (κ2) is 5.33. The molecule has 1 heteroatoms. The summed E-state index contributed by atoms with van der Waals surface area (Å²) in [6.07, 6.45) is 2.37. The molecule has 1 unspecified atom stereocenters. The minimum Gasteiger partial charge on any atom is -0.0622 e. The van der Waals surface area contributed by atoms with Crippen molar-refractivity contribution in [3.05, 3.63) is 95.1 Å². The SMILES string of the molecule is Cc1cccc2c1[S+](C)c1ccccc1[C@@H]2c1ccccc1. The zero-order chi connectivity index (χ0) is 15.1. The summed E-state index contributed by atoms with van der Waals surface area (Å²) in [6, 6.07) is 26.6. The van der Waals surface area contributed by atoms with E-state index in [0.29, 0.717) is 5.92 Å². The summed E-state index contributed by atoms with van der Waals surface area (Å²) >= 11 is 0. The summed E-state index contributed by atoms with van der Waals surface area (Å²) in [5.41, 5.74) is 5.76. The Morgan fingerprint density at radius 2 is 1.41 bits per heavy atom. The molecule has 3 aromatic carbocycles. The fourth-order valence-corrected chi connectivity index (χ4v) is 5.73. The maximum Gasteiger partial charge on any atom is 0.167 e. The van der Waals surface area contributed by atoms with Crippen molar-refractivity contribution in [3.8, 4) is 0 Å². The van der Waals surface area contributed by atoms with Gasteiger partial charge in [0.05, 0.1) is 10.9 Å². The molecule has 4 rings (SSSR count). The van der Waals surface area contributed by atoms with E-state index in [2.05, 4.69) is 86.0 Å². The van der Waals surface area contributed by atoms with Crippen molar-refractivity contribution in [2.75, 3.05) is 6.26 Å². The molecule has 1 heterocycles. The maximum absolute atomic E-state index is 2.37. The second-order valence-electron chi connectivity index (χ2n) is 5.89. The molecule has 22 heavy (non-hydrogen) atoms. The van der Waals surface area contributed by atoms with E-state index in [-0.39, 0.29) is 10.9 Å². The summed E-state index contributed by atoms with van der Waals surface area (Å²) in [5.74, 6) is 0.357. The van der Waals surface area contributed by atoms with E-state index in [1.165, 1.54) is 32.0 Å². The van der Waals surface area contributed by atoms with E-state index in [1.54, 1.807) is 0 Å². The first kappa shape index (κ1) is 13.7.